The van der Waals surface area contributed by atoms with Crippen LogP contribution in [0.15, 0.2) is 24.0 Å². The van der Waals surface area contributed by atoms with Crippen LogP contribution in [-0.2, 0) is 0 Å². The summed E-state index contributed by atoms with van der Waals surface area (Å²) in [6.07, 6.45) is 7.77. The van der Waals surface area contributed by atoms with Gasteiger partial charge in [0.15, 0.2) is 6.19 Å². The molecule has 0 aromatic heterocycles. The molecule has 0 spiro atoms. The third-order valence-corrected chi connectivity index (χ3v) is 1.57. The molecule has 0 atom stereocenters. The molecule has 1 aliphatic heterocycles. The van der Waals surface area contributed by atoms with E-state index in [1.807, 2.05) is 37.3 Å². The lowest BCUT2D eigenvalue weighted by Crippen LogP contribution is -3.00. The summed E-state index contributed by atoms with van der Waals surface area (Å²) in [6, 6.07) is 0. The lowest BCUT2D eigenvalue weighted by atomic mass is 10.3. The molecule has 0 radical (unpaired) electrons. The molecule has 1 heterocycles. The predicted octanol–water partition coefficient (Wildman–Crippen LogP) is -2.25. The highest BCUT2D eigenvalue weighted by atomic mass is 79.9. The molecule has 0 saturated carbocycles. The van der Waals surface area contributed by atoms with Gasteiger partial charge in [0.2, 0.25) is 0 Å². The van der Waals surface area contributed by atoms with Crippen LogP contribution >= 0.6 is 0 Å². The van der Waals surface area contributed by atoms with Gasteiger partial charge in [-0.1, -0.05) is 0 Å². The quantitative estimate of drug-likeness (QED) is 0.476. The van der Waals surface area contributed by atoms with E-state index in [1.54, 1.807) is 11.1 Å². The fraction of sp³-hybridized carbons (Fsp3) is 0.375. The molecule has 0 aliphatic carbocycles. The Morgan fingerprint density at radius 1 is 1.58 bits per heavy atom. The third kappa shape index (κ3) is 2.59. The van der Waals surface area contributed by atoms with Crippen molar-refractivity contribution in [2.75, 3.05) is 20.6 Å². The van der Waals surface area contributed by atoms with E-state index in [2.05, 4.69) is 0 Å². The smallest absolute Gasteiger partial charge is 0.184 e. The van der Waals surface area contributed by atoms with Gasteiger partial charge in [0.05, 0.1) is 6.54 Å². The number of nitrogens with zero attached hydrogens (tertiary/aromatic N) is 3. The number of halogens is 1. The summed E-state index contributed by atoms with van der Waals surface area (Å²) >= 11 is 0. The Hall–Kier alpha value is -0.950. The van der Waals surface area contributed by atoms with Gasteiger partial charge in [-0.3, -0.25) is 4.90 Å². The Bertz CT molecular complexity index is 237. The second-order valence-corrected chi connectivity index (χ2v) is 2.59. The lowest BCUT2D eigenvalue weighted by Gasteiger charge is -2.19. The number of likely N-dealkylation sites (N-methyl/N-ethyl adjacent to an activating group) is 1. The molecule has 66 valence electrons. The van der Waals surface area contributed by atoms with Crippen molar-refractivity contribution >= 4 is 0 Å². The van der Waals surface area contributed by atoms with E-state index in [9.17, 15) is 0 Å². The fourth-order valence-corrected chi connectivity index (χ4v) is 0.893. The lowest BCUT2D eigenvalue weighted by molar-refractivity contribution is -0.00000260. The maximum absolute atomic E-state index is 8.50. The van der Waals surface area contributed by atoms with Crippen LogP contribution in [0.2, 0.25) is 0 Å². The highest BCUT2D eigenvalue weighted by Gasteiger charge is 2.03. The number of allylic oxidation sites excluding steroid dienone is 1. The minimum absolute atomic E-state index is 0. The molecule has 0 saturated heterocycles. The van der Waals surface area contributed by atoms with Gasteiger partial charge >= 0.3 is 0 Å². The van der Waals surface area contributed by atoms with Crippen molar-refractivity contribution in [3.8, 4) is 6.19 Å². The van der Waals surface area contributed by atoms with Gasteiger partial charge in [-0.15, -0.1) is 0 Å². The van der Waals surface area contributed by atoms with E-state index in [0.29, 0.717) is 6.54 Å². The molecule has 0 aromatic rings. The molecule has 0 amide bonds. The Morgan fingerprint density at radius 3 is 2.58 bits per heavy atom. The maximum Gasteiger partial charge on any atom is 0.184 e. The van der Waals surface area contributed by atoms with Crippen LogP contribution in [0.25, 0.3) is 0 Å². The van der Waals surface area contributed by atoms with Crippen LogP contribution in [0.4, 0.5) is 0 Å². The second-order valence-electron chi connectivity index (χ2n) is 2.59. The van der Waals surface area contributed by atoms with Gasteiger partial charge in [-0.2, -0.15) is 5.26 Å². The first-order valence-electron chi connectivity index (χ1n) is 3.46. The van der Waals surface area contributed by atoms with Crippen molar-refractivity contribution in [3.63, 3.8) is 0 Å². The number of nitriles is 1. The van der Waals surface area contributed by atoms with E-state index in [4.69, 9.17) is 5.26 Å². The van der Waals surface area contributed by atoms with Gasteiger partial charge in [-0.05, 0) is 12.2 Å². The molecule has 1 rings (SSSR count). The fourth-order valence-electron chi connectivity index (χ4n) is 0.893. The zero-order valence-corrected chi connectivity index (χ0v) is 8.74. The SMILES string of the molecule is CN(C)C1=CCN(C#N)C=C1.[Br-]. The Morgan fingerprint density at radius 2 is 2.25 bits per heavy atom. The van der Waals surface area contributed by atoms with E-state index >= 15 is 0 Å². The largest absolute Gasteiger partial charge is 1.00 e. The molecule has 0 N–H and O–H groups in total. The molecular formula is C8H11BrN3-. The van der Waals surface area contributed by atoms with Crippen molar-refractivity contribution in [1.29, 1.82) is 5.26 Å². The summed E-state index contributed by atoms with van der Waals surface area (Å²) in [7, 11) is 3.97. The first-order chi connectivity index (χ1) is 5.24. The van der Waals surface area contributed by atoms with Gasteiger partial charge in [0, 0.05) is 26.0 Å². The zero-order chi connectivity index (χ0) is 8.27. The minimum Gasteiger partial charge on any atom is -1.00 e. The van der Waals surface area contributed by atoms with Crippen LogP contribution in [0.5, 0.6) is 0 Å². The number of hydrogen-bond donors (Lipinski definition) is 0. The van der Waals surface area contributed by atoms with E-state index in [-0.39, 0.29) is 17.0 Å². The molecule has 0 bridgehead atoms. The van der Waals surface area contributed by atoms with Crippen LogP contribution in [0.3, 0.4) is 0 Å². The van der Waals surface area contributed by atoms with Crippen LogP contribution in [0, 0.1) is 11.5 Å². The first-order valence-corrected chi connectivity index (χ1v) is 3.46. The molecule has 0 aromatic carbocycles. The van der Waals surface area contributed by atoms with Crippen molar-refractivity contribution in [2.24, 2.45) is 0 Å². The summed E-state index contributed by atoms with van der Waals surface area (Å²) in [4.78, 5) is 3.60. The molecule has 3 nitrogen and oxygen atoms in total. The van der Waals surface area contributed by atoms with Crippen LogP contribution in [-0.4, -0.2) is 30.4 Å². The molecule has 12 heavy (non-hydrogen) atoms. The summed E-state index contributed by atoms with van der Waals surface area (Å²) < 4.78 is 0. The third-order valence-electron chi connectivity index (χ3n) is 1.57. The van der Waals surface area contributed by atoms with E-state index < -0.39 is 0 Å². The normalized spacial score (nSPS) is 14.4. The highest BCUT2D eigenvalue weighted by Crippen LogP contribution is 2.07. The molecule has 0 unspecified atom stereocenters. The average Bonchev–Trinajstić information content (AvgIpc) is 2.05. The van der Waals surface area contributed by atoms with Crippen molar-refractivity contribution < 1.29 is 17.0 Å². The molecular weight excluding hydrogens is 218 g/mol. The predicted molar refractivity (Wildman–Crippen MR) is 43.2 cm³/mol. The molecule has 4 heteroatoms. The molecule has 1 aliphatic rings. The van der Waals surface area contributed by atoms with Gasteiger partial charge < -0.3 is 21.9 Å². The average molecular weight is 229 g/mol. The van der Waals surface area contributed by atoms with Gasteiger partial charge in [0.25, 0.3) is 0 Å². The standard InChI is InChI=1S/C8H11N3.BrH/c1-10(2)8-3-5-11(7-9)6-4-8;/h3-5H,6H2,1-2H3;1H/p-1. The Labute approximate surface area is 83.3 Å². The summed E-state index contributed by atoms with van der Waals surface area (Å²) in [5, 5.41) is 8.50. The summed E-state index contributed by atoms with van der Waals surface area (Å²) in [6.45, 7) is 0.681. The van der Waals surface area contributed by atoms with Gasteiger partial charge in [-0.25, -0.2) is 0 Å². The molecule has 0 fully saturated rings. The minimum atomic E-state index is 0. The van der Waals surface area contributed by atoms with Crippen molar-refractivity contribution in [2.45, 2.75) is 0 Å². The van der Waals surface area contributed by atoms with Crippen molar-refractivity contribution in [3.05, 3.63) is 24.0 Å². The van der Waals surface area contributed by atoms with Gasteiger partial charge in [0.1, 0.15) is 0 Å². The van der Waals surface area contributed by atoms with E-state index in [1.165, 1.54) is 0 Å². The van der Waals surface area contributed by atoms with Crippen molar-refractivity contribution in [1.82, 2.24) is 9.80 Å². The summed E-state index contributed by atoms with van der Waals surface area (Å²) in [5.74, 6) is 0. The second kappa shape index (κ2) is 4.83. The first kappa shape index (κ1) is 11.1. The summed E-state index contributed by atoms with van der Waals surface area (Å²) in [5.41, 5.74) is 1.15. The Kier molecular flexibility index (Phi) is 4.45. The zero-order valence-electron chi connectivity index (χ0n) is 7.16. The van der Waals surface area contributed by atoms with Crippen LogP contribution in [0.1, 0.15) is 0 Å². The monoisotopic (exact) mass is 228 g/mol. The maximum atomic E-state index is 8.50. The van der Waals surface area contributed by atoms with Crippen LogP contribution < -0.4 is 17.0 Å². The number of hydrogen-bond acceptors (Lipinski definition) is 3. The Balaban J connectivity index is 0.00000121. The van der Waals surface area contributed by atoms with E-state index in [0.717, 1.165) is 5.70 Å². The highest BCUT2D eigenvalue weighted by molar-refractivity contribution is 5.22. The number of rotatable bonds is 1. The topological polar surface area (TPSA) is 30.3 Å².